The minimum atomic E-state index is -4.74. The van der Waals surface area contributed by atoms with E-state index in [0.717, 1.165) is 29.7 Å². The average molecular weight is 528 g/mol. The number of benzene rings is 3. The Hall–Kier alpha value is -3.85. The predicted octanol–water partition coefficient (Wildman–Crippen LogP) is 7.14. The lowest BCUT2D eigenvalue weighted by Crippen LogP contribution is -2.33. The summed E-state index contributed by atoms with van der Waals surface area (Å²) in [6.07, 6.45) is -3.85. The van der Waals surface area contributed by atoms with Gasteiger partial charge in [-0.05, 0) is 84.6 Å². The summed E-state index contributed by atoms with van der Waals surface area (Å²) in [5.74, 6) is 2.28. The molecule has 0 radical (unpaired) electrons. The number of alkyl halides is 3. The van der Waals surface area contributed by atoms with Crippen molar-refractivity contribution in [3.8, 4) is 34.3 Å². The van der Waals surface area contributed by atoms with Crippen LogP contribution in [0.5, 0.6) is 23.0 Å². The van der Waals surface area contributed by atoms with Crippen LogP contribution in [-0.2, 0) is 13.0 Å². The molecule has 1 aromatic heterocycles. The molecule has 9 heteroatoms. The van der Waals surface area contributed by atoms with E-state index in [9.17, 15) is 13.2 Å². The number of halogens is 3. The van der Waals surface area contributed by atoms with E-state index in [-0.39, 0.29) is 11.8 Å². The van der Waals surface area contributed by atoms with Gasteiger partial charge in [-0.2, -0.15) is 0 Å². The standard InChI is InChI=1S/C29H28F3NO5/c1-17-23-15-26(35-3)25(34-2)13-20(23)9-10-33(17)16-18-11-21-14-24(37-28(21)27(12-18)36-4)19-5-7-22(8-6-19)38-29(30,31)32/h5-8,11-15,17H,9-10,16H2,1-4H3. The van der Waals surface area contributed by atoms with Crippen molar-refractivity contribution in [2.45, 2.75) is 32.3 Å². The average Bonchev–Trinajstić information content (AvgIpc) is 3.33. The third-order valence-electron chi connectivity index (χ3n) is 6.93. The molecule has 0 aliphatic carbocycles. The van der Waals surface area contributed by atoms with Gasteiger partial charge in [0.2, 0.25) is 0 Å². The van der Waals surface area contributed by atoms with Crippen LogP contribution in [0.15, 0.2) is 59.0 Å². The fraction of sp³-hybridized carbons (Fsp3) is 0.310. The summed E-state index contributed by atoms with van der Waals surface area (Å²) in [5, 5.41) is 0.849. The smallest absolute Gasteiger partial charge is 0.493 e. The Morgan fingerprint density at radius 3 is 2.24 bits per heavy atom. The summed E-state index contributed by atoms with van der Waals surface area (Å²) < 4.78 is 64.1. The zero-order chi connectivity index (χ0) is 27.0. The van der Waals surface area contributed by atoms with Crippen molar-refractivity contribution in [3.05, 3.63) is 71.3 Å². The highest BCUT2D eigenvalue weighted by Crippen LogP contribution is 2.40. The van der Waals surface area contributed by atoms with E-state index in [1.54, 1.807) is 21.3 Å². The van der Waals surface area contributed by atoms with Crippen LogP contribution < -0.4 is 18.9 Å². The van der Waals surface area contributed by atoms with Gasteiger partial charge >= 0.3 is 6.36 Å². The quantitative estimate of drug-likeness (QED) is 0.255. The predicted molar refractivity (Wildman–Crippen MR) is 137 cm³/mol. The van der Waals surface area contributed by atoms with E-state index in [1.165, 1.54) is 35.4 Å². The molecule has 0 amide bonds. The molecule has 6 nitrogen and oxygen atoms in total. The van der Waals surface area contributed by atoms with Gasteiger partial charge in [-0.15, -0.1) is 13.2 Å². The fourth-order valence-electron chi connectivity index (χ4n) is 5.03. The highest BCUT2D eigenvalue weighted by atomic mass is 19.4. The lowest BCUT2D eigenvalue weighted by Gasteiger charge is -2.35. The first-order valence-electron chi connectivity index (χ1n) is 12.1. The molecule has 0 fully saturated rings. The molecule has 0 spiro atoms. The van der Waals surface area contributed by atoms with Gasteiger partial charge in [-0.3, -0.25) is 4.90 Å². The van der Waals surface area contributed by atoms with E-state index in [4.69, 9.17) is 18.6 Å². The highest BCUT2D eigenvalue weighted by Gasteiger charge is 2.31. The summed E-state index contributed by atoms with van der Waals surface area (Å²) in [5.41, 5.74) is 4.74. The monoisotopic (exact) mass is 527 g/mol. The lowest BCUT2D eigenvalue weighted by atomic mass is 9.92. The highest BCUT2D eigenvalue weighted by molar-refractivity contribution is 5.88. The van der Waals surface area contributed by atoms with Gasteiger partial charge in [0, 0.05) is 30.1 Å². The van der Waals surface area contributed by atoms with Crippen LogP contribution in [0.3, 0.4) is 0 Å². The molecule has 3 aromatic carbocycles. The van der Waals surface area contributed by atoms with Gasteiger partial charge in [0.05, 0.1) is 21.3 Å². The van der Waals surface area contributed by atoms with Crippen molar-refractivity contribution >= 4 is 11.0 Å². The zero-order valence-corrected chi connectivity index (χ0v) is 21.5. The van der Waals surface area contributed by atoms with Gasteiger partial charge in [0.1, 0.15) is 11.5 Å². The van der Waals surface area contributed by atoms with Crippen molar-refractivity contribution in [2.24, 2.45) is 0 Å². The van der Waals surface area contributed by atoms with Crippen LogP contribution in [0.2, 0.25) is 0 Å². The van der Waals surface area contributed by atoms with Gasteiger partial charge in [-0.25, -0.2) is 0 Å². The van der Waals surface area contributed by atoms with Crippen LogP contribution in [0.4, 0.5) is 13.2 Å². The Morgan fingerprint density at radius 2 is 1.58 bits per heavy atom. The van der Waals surface area contributed by atoms with Crippen molar-refractivity contribution < 1.29 is 36.5 Å². The molecular weight excluding hydrogens is 499 g/mol. The number of fused-ring (bicyclic) bond motifs is 2. The number of hydrogen-bond donors (Lipinski definition) is 0. The van der Waals surface area contributed by atoms with Crippen LogP contribution in [-0.4, -0.2) is 39.1 Å². The molecule has 0 bridgehead atoms. The van der Waals surface area contributed by atoms with Crippen molar-refractivity contribution in [1.82, 2.24) is 4.90 Å². The van der Waals surface area contributed by atoms with Crippen molar-refractivity contribution in [1.29, 1.82) is 0 Å². The summed E-state index contributed by atoms with van der Waals surface area (Å²) in [6, 6.07) is 15.8. The molecule has 1 unspecified atom stereocenters. The number of rotatable bonds is 7. The van der Waals surface area contributed by atoms with Crippen molar-refractivity contribution in [2.75, 3.05) is 27.9 Å². The molecule has 2 heterocycles. The number of hydrogen-bond acceptors (Lipinski definition) is 6. The molecular formula is C29H28F3NO5. The molecule has 0 saturated carbocycles. The van der Waals surface area contributed by atoms with Gasteiger partial charge in [0.15, 0.2) is 22.8 Å². The number of ether oxygens (including phenoxy) is 4. The first-order valence-corrected chi connectivity index (χ1v) is 12.1. The molecule has 4 aromatic rings. The maximum atomic E-state index is 12.5. The van der Waals surface area contributed by atoms with Gasteiger partial charge in [-0.1, -0.05) is 0 Å². The summed E-state index contributed by atoms with van der Waals surface area (Å²) in [7, 11) is 4.87. The van der Waals surface area contributed by atoms with Crippen LogP contribution in [0.1, 0.15) is 29.7 Å². The molecule has 0 saturated heterocycles. The van der Waals surface area contributed by atoms with Crippen LogP contribution in [0.25, 0.3) is 22.3 Å². The van der Waals surface area contributed by atoms with Crippen molar-refractivity contribution in [3.63, 3.8) is 0 Å². The normalized spacial score (nSPS) is 15.8. The SMILES string of the molecule is COc1cc2c(cc1OC)C(C)N(Cc1cc(OC)c3oc(-c4ccc(OC(F)(F)F)cc4)cc3c1)CC2. The number of nitrogens with zero attached hydrogens (tertiary/aromatic N) is 1. The summed E-state index contributed by atoms with van der Waals surface area (Å²) in [6.45, 7) is 3.76. The van der Waals surface area contributed by atoms with Crippen LogP contribution >= 0.6 is 0 Å². The Labute approximate surface area is 218 Å². The largest absolute Gasteiger partial charge is 0.573 e. The molecule has 0 N–H and O–H groups in total. The molecule has 5 rings (SSSR count). The number of methoxy groups -OCH3 is 3. The van der Waals surface area contributed by atoms with E-state index in [2.05, 4.69) is 34.8 Å². The van der Waals surface area contributed by atoms with Crippen LogP contribution in [0, 0.1) is 0 Å². The van der Waals surface area contributed by atoms with E-state index >= 15 is 0 Å². The topological polar surface area (TPSA) is 53.3 Å². The molecule has 200 valence electrons. The molecule has 1 aliphatic rings. The fourth-order valence-corrected chi connectivity index (χ4v) is 5.03. The first-order chi connectivity index (χ1) is 18.2. The third-order valence-corrected chi connectivity index (χ3v) is 6.93. The minimum Gasteiger partial charge on any atom is -0.493 e. The Morgan fingerprint density at radius 1 is 0.895 bits per heavy atom. The minimum absolute atomic E-state index is 0.164. The Balaban J connectivity index is 1.41. The second-order valence-electron chi connectivity index (χ2n) is 9.20. The number of furan rings is 1. The maximum absolute atomic E-state index is 12.5. The van der Waals surface area contributed by atoms with Gasteiger partial charge in [0.25, 0.3) is 0 Å². The Kier molecular flexibility index (Phi) is 6.88. The maximum Gasteiger partial charge on any atom is 0.573 e. The zero-order valence-electron chi connectivity index (χ0n) is 21.5. The van der Waals surface area contributed by atoms with Gasteiger partial charge < -0.3 is 23.4 Å². The van der Waals surface area contributed by atoms with E-state index in [0.29, 0.717) is 35.0 Å². The first kappa shape index (κ1) is 25.8. The Bertz CT molecular complexity index is 1450. The summed E-state index contributed by atoms with van der Waals surface area (Å²) in [4.78, 5) is 2.40. The second kappa shape index (κ2) is 10.1. The lowest BCUT2D eigenvalue weighted by molar-refractivity contribution is -0.274. The molecule has 1 atom stereocenters. The van der Waals surface area contributed by atoms with E-state index in [1.807, 2.05) is 12.1 Å². The summed E-state index contributed by atoms with van der Waals surface area (Å²) >= 11 is 0. The van der Waals surface area contributed by atoms with E-state index < -0.39 is 6.36 Å². The third kappa shape index (κ3) is 5.11. The second-order valence-corrected chi connectivity index (χ2v) is 9.20. The molecule has 38 heavy (non-hydrogen) atoms. The molecule has 1 aliphatic heterocycles.